The van der Waals surface area contributed by atoms with Gasteiger partial charge in [0.05, 0.1) is 13.0 Å². The number of hydrogen-bond acceptors (Lipinski definition) is 3. The maximum atomic E-state index is 11.3. The van der Waals surface area contributed by atoms with Gasteiger partial charge in [0.25, 0.3) is 0 Å². The Kier molecular flexibility index (Phi) is 5.39. The molecule has 0 atom stereocenters. The summed E-state index contributed by atoms with van der Waals surface area (Å²) in [6.45, 7) is 0.165. The summed E-state index contributed by atoms with van der Waals surface area (Å²) in [6, 6.07) is 4.90. The van der Waals surface area contributed by atoms with Crippen molar-refractivity contribution in [2.24, 2.45) is 0 Å². The fourth-order valence-electron chi connectivity index (χ4n) is 1.27. The molecule has 0 aromatic heterocycles. The molecule has 1 aromatic carbocycles. The van der Waals surface area contributed by atoms with Crippen LogP contribution in [0.4, 0.5) is 0 Å². The van der Waals surface area contributed by atoms with Crippen LogP contribution in [0, 0.1) is 3.57 Å². The molecule has 0 radical (unpaired) electrons. The van der Waals surface area contributed by atoms with E-state index in [1.54, 1.807) is 26.2 Å². The Hall–Kier alpha value is -1.31. The van der Waals surface area contributed by atoms with Crippen LogP contribution in [0.2, 0.25) is 0 Å². The number of benzene rings is 1. The molecule has 18 heavy (non-hydrogen) atoms. The fourth-order valence-corrected chi connectivity index (χ4v) is 1.76. The quantitative estimate of drug-likeness (QED) is 0.811. The highest BCUT2D eigenvalue weighted by Gasteiger charge is 2.12. The van der Waals surface area contributed by atoms with Gasteiger partial charge in [0.2, 0.25) is 5.91 Å². The van der Waals surface area contributed by atoms with Crippen molar-refractivity contribution in [3.63, 3.8) is 0 Å². The van der Waals surface area contributed by atoms with Crippen molar-refractivity contribution in [2.75, 3.05) is 20.7 Å². The second-order valence-electron chi connectivity index (χ2n) is 3.83. The molecule has 5 nitrogen and oxygen atoms in total. The van der Waals surface area contributed by atoms with Gasteiger partial charge in [-0.05, 0) is 40.8 Å². The Bertz CT molecular complexity index is 459. The van der Waals surface area contributed by atoms with Crippen LogP contribution < -0.4 is 4.74 Å². The van der Waals surface area contributed by atoms with Crippen LogP contribution >= 0.6 is 22.6 Å². The van der Waals surface area contributed by atoms with Gasteiger partial charge in [-0.25, -0.2) is 4.79 Å². The van der Waals surface area contributed by atoms with Gasteiger partial charge in [0.15, 0.2) is 0 Å². The molecule has 0 aliphatic carbocycles. The maximum Gasteiger partial charge on any atom is 0.339 e. The van der Waals surface area contributed by atoms with Crippen LogP contribution in [-0.2, 0) is 4.79 Å². The summed E-state index contributed by atoms with van der Waals surface area (Å²) in [4.78, 5) is 23.8. The Morgan fingerprint density at radius 2 is 2.06 bits per heavy atom. The molecule has 0 saturated heterocycles. The molecular weight excluding hydrogens is 349 g/mol. The van der Waals surface area contributed by atoms with Gasteiger partial charge in [0, 0.05) is 17.7 Å². The minimum atomic E-state index is -1.04. The topological polar surface area (TPSA) is 66.8 Å². The molecule has 0 heterocycles. The van der Waals surface area contributed by atoms with Gasteiger partial charge in [-0.2, -0.15) is 0 Å². The second-order valence-corrected chi connectivity index (χ2v) is 5.08. The van der Waals surface area contributed by atoms with E-state index in [4.69, 9.17) is 9.84 Å². The number of rotatable bonds is 5. The van der Waals surface area contributed by atoms with E-state index in [2.05, 4.69) is 0 Å². The highest BCUT2D eigenvalue weighted by atomic mass is 127. The van der Waals surface area contributed by atoms with Crippen molar-refractivity contribution < 1.29 is 19.4 Å². The molecule has 1 aromatic rings. The average Bonchev–Trinajstić information content (AvgIpc) is 2.30. The normalized spacial score (nSPS) is 9.94. The zero-order valence-corrected chi connectivity index (χ0v) is 12.3. The molecule has 6 heteroatoms. The largest absolute Gasteiger partial charge is 0.492 e. The standard InChI is InChI=1S/C12H14INO4/c1-14(2)11(15)5-6-18-10-4-3-8(13)7-9(10)12(16)17/h3-4,7H,5-6H2,1-2H3,(H,16,17). The lowest BCUT2D eigenvalue weighted by molar-refractivity contribution is -0.129. The van der Waals surface area contributed by atoms with E-state index in [1.165, 1.54) is 11.0 Å². The molecule has 1 N–H and O–H groups in total. The maximum absolute atomic E-state index is 11.3. The number of ether oxygens (including phenoxy) is 1. The summed E-state index contributed by atoms with van der Waals surface area (Å²) >= 11 is 2.03. The number of carboxylic acid groups (broad SMARTS) is 1. The third-order valence-electron chi connectivity index (χ3n) is 2.24. The predicted molar refractivity (Wildman–Crippen MR) is 74.9 cm³/mol. The van der Waals surface area contributed by atoms with E-state index in [1.807, 2.05) is 22.6 Å². The summed E-state index contributed by atoms with van der Waals surface area (Å²) in [7, 11) is 3.33. The van der Waals surface area contributed by atoms with Crippen LogP contribution in [0.3, 0.4) is 0 Å². The van der Waals surface area contributed by atoms with Gasteiger partial charge in [-0.1, -0.05) is 0 Å². The molecule has 0 fully saturated rings. The first-order valence-electron chi connectivity index (χ1n) is 5.27. The molecule has 0 aliphatic rings. The molecule has 0 unspecified atom stereocenters. The Labute approximate surface area is 119 Å². The summed E-state index contributed by atoms with van der Waals surface area (Å²) < 4.78 is 6.16. The smallest absolute Gasteiger partial charge is 0.339 e. The SMILES string of the molecule is CN(C)C(=O)CCOc1ccc(I)cc1C(=O)O. The van der Waals surface area contributed by atoms with Gasteiger partial charge < -0.3 is 14.7 Å². The summed E-state index contributed by atoms with van der Waals surface area (Å²) in [5.41, 5.74) is 0.110. The highest BCUT2D eigenvalue weighted by Crippen LogP contribution is 2.21. The van der Waals surface area contributed by atoms with Gasteiger partial charge in [-0.3, -0.25) is 4.79 Å². The fraction of sp³-hybridized carbons (Fsp3) is 0.333. The van der Waals surface area contributed by atoms with Crippen molar-refractivity contribution in [1.29, 1.82) is 0 Å². The lowest BCUT2D eigenvalue weighted by Crippen LogP contribution is -2.23. The zero-order valence-electron chi connectivity index (χ0n) is 10.1. The van der Waals surface area contributed by atoms with Crippen molar-refractivity contribution in [3.8, 4) is 5.75 Å². The zero-order chi connectivity index (χ0) is 13.7. The number of amides is 1. The van der Waals surface area contributed by atoms with Crippen LogP contribution in [0.1, 0.15) is 16.8 Å². The minimum absolute atomic E-state index is 0.0580. The summed E-state index contributed by atoms with van der Waals surface area (Å²) in [5, 5.41) is 9.03. The van der Waals surface area contributed by atoms with Gasteiger partial charge >= 0.3 is 5.97 Å². The number of hydrogen-bond donors (Lipinski definition) is 1. The molecule has 1 amide bonds. The van der Waals surface area contributed by atoms with E-state index >= 15 is 0 Å². The molecule has 1 rings (SSSR count). The molecule has 0 bridgehead atoms. The minimum Gasteiger partial charge on any atom is -0.492 e. The van der Waals surface area contributed by atoms with Crippen molar-refractivity contribution in [3.05, 3.63) is 27.3 Å². The lowest BCUT2D eigenvalue weighted by Gasteiger charge is -2.12. The van der Waals surface area contributed by atoms with E-state index < -0.39 is 5.97 Å². The van der Waals surface area contributed by atoms with Crippen molar-refractivity contribution in [1.82, 2.24) is 4.90 Å². The number of carbonyl (C=O) groups excluding carboxylic acids is 1. The van der Waals surface area contributed by atoms with E-state index in [0.29, 0.717) is 0 Å². The van der Waals surface area contributed by atoms with E-state index in [-0.39, 0.29) is 30.2 Å². The molecule has 0 spiro atoms. The summed E-state index contributed by atoms with van der Waals surface area (Å²) in [5.74, 6) is -0.811. The third-order valence-corrected chi connectivity index (χ3v) is 2.92. The van der Waals surface area contributed by atoms with Crippen molar-refractivity contribution in [2.45, 2.75) is 6.42 Å². The third kappa shape index (κ3) is 4.17. The summed E-state index contributed by atoms with van der Waals surface area (Å²) in [6.07, 6.45) is 0.220. The average molecular weight is 363 g/mol. The lowest BCUT2D eigenvalue weighted by atomic mass is 10.2. The number of aromatic carboxylic acids is 1. The molecule has 0 aliphatic heterocycles. The first-order valence-corrected chi connectivity index (χ1v) is 6.35. The molecule has 98 valence electrons. The number of carboxylic acids is 1. The number of carbonyl (C=O) groups is 2. The number of halogens is 1. The van der Waals surface area contributed by atoms with Crippen LogP contribution in [0.5, 0.6) is 5.75 Å². The van der Waals surface area contributed by atoms with E-state index in [0.717, 1.165) is 3.57 Å². The monoisotopic (exact) mass is 363 g/mol. The van der Waals surface area contributed by atoms with Crippen LogP contribution in [0.25, 0.3) is 0 Å². The van der Waals surface area contributed by atoms with Crippen molar-refractivity contribution >= 4 is 34.5 Å². The predicted octanol–water partition coefficient (Wildman–Crippen LogP) is 1.85. The second kappa shape index (κ2) is 6.58. The number of nitrogens with zero attached hydrogens (tertiary/aromatic N) is 1. The first-order chi connectivity index (χ1) is 8.41. The highest BCUT2D eigenvalue weighted by molar-refractivity contribution is 14.1. The Morgan fingerprint density at radius 1 is 1.39 bits per heavy atom. The Balaban J connectivity index is 2.68. The Morgan fingerprint density at radius 3 is 2.61 bits per heavy atom. The van der Waals surface area contributed by atoms with Crippen LogP contribution in [-0.4, -0.2) is 42.6 Å². The molecule has 0 saturated carbocycles. The first kappa shape index (κ1) is 14.7. The van der Waals surface area contributed by atoms with Gasteiger partial charge in [-0.15, -0.1) is 0 Å². The van der Waals surface area contributed by atoms with Crippen LogP contribution in [0.15, 0.2) is 18.2 Å². The van der Waals surface area contributed by atoms with Gasteiger partial charge in [0.1, 0.15) is 11.3 Å². The molecular formula is C12H14INO4. The van der Waals surface area contributed by atoms with E-state index in [9.17, 15) is 9.59 Å².